The van der Waals surface area contributed by atoms with Crippen molar-refractivity contribution in [1.29, 1.82) is 0 Å². The van der Waals surface area contributed by atoms with Gasteiger partial charge in [0.05, 0.1) is 41.7 Å². The minimum Gasteiger partial charge on any atom is -0.464 e. The molecule has 0 spiro atoms. The fourth-order valence-corrected chi connectivity index (χ4v) is 11.3. The van der Waals surface area contributed by atoms with Crippen LogP contribution in [-0.4, -0.2) is 114 Å². The number of nitrogens with zero attached hydrogens (tertiary/aromatic N) is 6. The van der Waals surface area contributed by atoms with Crippen LogP contribution in [0.15, 0.2) is 35.8 Å². The van der Waals surface area contributed by atoms with E-state index in [0.717, 1.165) is 76.5 Å². The van der Waals surface area contributed by atoms with Crippen molar-refractivity contribution in [3.8, 4) is 22.5 Å². The number of anilines is 1. The van der Waals surface area contributed by atoms with Crippen molar-refractivity contribution in [2.45, 2.75) is 105 Å². The lowest BCUT2D eigenvalue weighted by atomic mass is 9.84. The first kappa shape index (κ1) is 46.1. The fourth-order valence-electron chi connectivity index (χ4n) is 10.4. The lowest BCUT2D eigenvalue weighted by Gasteiger charge is -2.37. The van der Waals surface area contributed by atoms with E-state index in [4.69, 9.17) is 24.2 Å². The summed E-state index contributed by atoms with van der Waals surface area (Å²) in [5.74, 6) is -0.371. The molecular formula is C49H68N8O6S. The van der Waals surface area contributed by atoms with Crippen LogP contribution in [0.1, 0.15) is 96.7 Å². The Kier molecular flexibility index (Phi) is 13.6. The molecule has 1 aliphatic carbocycles. The summed E-state index contributed by atoms with van der Waals surface area (Å²) in [5.41, 5.74) is 10.6. The van der Waals surface area contributed by atoms with Crippen LogP contribution in [0.25, 0.3) is 33.4 Å². The number of thiazole rings is 1. The van der Waals surface area contributed by atoms with E-state index < -0.39 is 29.6 Å². The Morgan fingerprint density at radius 2 is 1.86 bits per heavy atom. The van der Waals surface area contributed by atoms with Crippen molar-refractivity contribution in [3.63, 3.8) is 0 Å². The Hall–Kier alpha value is -4.41. The highest BCUT2D eigenvalue weighted by atomic mass is 32.1. The van der Waals surface area contributed by atoms with E-state index in [2.05, 4.69) is 98.0 Å². The van der Waals surface area contributed by atoms with Crippen molar-refractivity contribution in [2.24, 2.45) is 29.1 Å². The van der Waals surface area contributed by atoms with Crippen LogP contribution in [-0.2, 0) is 41.6 Å². The third-order valence-electron chi connectivity index (χ3n) is 14.0. The molecule has 4 aliphatic rings. The molecular weight excluding hydrogens is 829 g/mol. The van der Waals surface area contributed by atoms with Gasteiger partial charge < -0.3 is 33.9 Å². The zero-order valence-electron chi connectivity index (χ0n) is 39.4. The number of nitrogens with one attached hydrogen (secondary N) is 2. The van der Waals surface area contributed by atoms with Gasteiger partial charge in [0.15, 0.2) is 0 Å². The van der Waals surface area contributed by atoms with E-state index in [0.29, 0.717) is 49.9 Å². The van der Waals surface area contributed by atoms with Crippen LogP contribution in [0.5, 0.6) is 0 Å². The standard InChI is InChI=1S/C49H68N8O6S/c1-11-56-38-16-15-31-22-33(38)35(43(56)34-23-32(25-50-41(34)30(6)61-10)55-20-18-54(9)19-21-55)24-49(7,8)27-63-48(60)36-14-13-17-57(53-36)47(59)42(44(62-12-2)46-51-37(31)26-64-46)52-45(58)40-29(5)39(40)28(3)4/h15-16,22-23,25-26,28-30,36,39-40,42,44,53H,11-14,17-21,24,27H2,1-10H3,(H,52,58)/t29-,30+,36+,39+,40+,42+,44+/m1/s1. The molecule has 0 radical (unpaired) electrons. The van der Waals surface area contributed by atoms with Crippen LogP contribution in [0, 0.1) is 29.1 Å². The van der Waals surface area contributed by atoms with Crippen molar-refractivity contribution < 1.29 is 28.6 Å². The summed E-state index contributed by atoms with van der Waals surface area (Å²) >= 11 is 1.42. The number of pyridine rings is 1. The first-order valence-electron chi connectivity index (χ1n) is 23.4. The highest BCUT2D eigenvalue weighted by Crippen LogP contribution is 2.51. The van der Waals surface area contributed by atoms with E-state index in [9.17, 15) is 14.4 Å². The molecule has 2 amide bonds. The van der Waals surface area contributed by atoms with Crippen LogP contribution >= 0.6 is 11.3 Å². The number of rotatable bonds is 10. The molecule has 2 saturated heterocycles. The SMILES string of the molecule is CCO[C@@H]1c2nc(cs2)-c2ccc3c(c2)c(c(-c2cc(N4CCN(C)CC4)cnc2[C@H](C)OC)n3CC)CC(C)(C)COC(=O)[C@@H]2CCCN(N2)C(=O)[C@H]1NC(=O)[C@H]1[C@H](C)[C@@H]1C(C)C. The number of aromatic nitrogens is 3. The Bertz CT molecular complexity index is 2350. The number of hydrazine groups is 1. The van der Waals surface area contributed by atoms with Gasteiger partial charge in [-0.1, -0.05) is 40.7 Å². The van der Waals surface area contributed by atoms with Gasteiger partial charge in [-0.25, -0.2) is 10.4 Å². The second kappa shape index (κ2) is 18.8. The molecule has 346 valence electrons. The van der Waals surface area contributed by atoms with Gasteiger partial charge in [0.2, 0.25) is 5.91 Å². The summed E-state index contributed by atoms with van der Waals surface area (Å²) in [6, 6.07) is 6.99. The number of carbonyl (C=O) groups is 3. The third kappa shape index (κ3) is 9.07. The molecule has 8 rings (SSSR count). The highest BCUT2D eigenvalue weighted by Gasteiger charge is 2.54. The molecule has 64 heavy (non-hydrogen) atoms. The Morgan fingerprint density at radius 1 is 1.09 bits per heavy atom. The van der Waals surface area contributed by atoms with Crippen LogP contribution in [0.2, 0.25) is 0 Å². The molecule has 7 atom stereocenters. The number of fused-ring (bicyclic) bond motifs is 6. The molecule has 6 bridgehead atoms. The van der Waals surface area contributed by atoms with Gasteiger partial charge in [0.1, 0.15) is 23.2 Å². The first-order chi connectivity index (χ1) is 30.6. The van der Waals surface area contributed by atoms with E-state index >= 15 is 0 Å². The van der Waals surface area contributed by atoms with Gasteiger partial charge in [0, 0.05) is 91.7 Å². The van der Waals surface area contributed by atoms with Crippen LogP contribution in [0.4, 0.5) is 5.69 Å². The predicted molar refractivity (Wildman–Crippen MR) is 251 cm³/mol. The minimum absolute atomic E-state index is 0.161. The molecule has 14 nitrogen and oxygen atoms in total. The molecule has 15 heteroatoms. The van der Waals surface area contributed by atoms with Crippen molar-refractivity contribution in [3.05, 3.63) is 52.1 Å². The molecule has 0 unspecified atom stereocenters. The number of amides is 2. The molecule has 3 aliphatic heterocycles. The summed E-state index contributed by atoms with van der Waals surface area (Å²) in [7, 11) is 3.89. The quantitative estimate of drug-likeness (QED) is 0.159. The summed E-state index contributed by atoms with van der Waals surface area (Å²) in [5, 5.41) is 8.32. The average molecular weight is 897 g/mol. The number of methoxy groups -OCH3 is 1. The first-order valence-corrected chi connectivity index (χ1v) is 24.3. The predicted octanol–water partition coefficient (Wildman–Crippen LogP) is 7.03. The Morgan fingerprint density at radius 3 is 2.55 bits per heavy atom. The summed E-state index contributed by atoms with van der Waals surface area (Å²) in [4.78, 5) is 57.9. The molecule has 3 aromatic heterocycles. The zero-order valence-corrected chi connectivity index (χ0v) is 40.2. The normalized spacial score (nSPS) is 25.9. The van der Waals surface area contributed by atoms with Gasteiger partial charge in [0.25, 0.3) is 5.91 Å². The Balaban J connectivity index is 1.28. The second-order valence-electron chi connectivity index (χ2n) is 19.5. The maximum absolute atomic E-state index is 14.7. The number of hydrogen-bond donors (Lipinski definition) is 2. The molecule has 1 aromatic carbocycles. The highest BCUT2D eigenvalue weighted by molar-refractivity contribution is 7.10. The maximum Gasteiger partial charge on any atom is 0.324 e. The number of likely N-dealkylation sites (N-methyl/N-ethyl adjacent to an activating group) is 1. The molecule has 3 fully saturated rings. The van der Waals surface area contributed by atoms with Gasteiger partial charge in [-0.2, -0.15) is 0 Å². The van der Waals surface area contributed by atoms with Crippen molar-refractivity contribution in [2.75, 3.05) is 65.0 Å². The van der Waals surface area contributed by atoms with Gasteiger partial charge in [-0.15, -0.1) is 11.3 Å². The second-order valence-corrected chi connectivity index (χ2v) is 20.4. The van der Waals surface area contributed by atoms with Gasteiger partial charge >= 0.3 is 5.97 Å². The van der Waals surface area contributed by atoms with E-state index in [1.54, 1.807) is 7.11 Å². The zero-order chi connectivity index (χ0) is 45.6. The van der Waals surface area contributed by atoms with E-state index in [1.165, 1.54) is 16.3 Å². The Labute approximate surface area is 382 Å². The number of ether oxygens (including phenoxy) is 3. The monoisotopic (exact) mass is 896 g/mol. The maximum atomic E-state index is 14.7. The van der Waals surface area contributed by atoms with Gasteiger partial charge in [-0.3, -0.25) is 24.4 Å². The lowest BCUT2D eigenvalue weighted by Crippen LogP contribution is -2.61. The lowest BCUT2D eigenvalue weighted by molar-refractivity contribution is -0.156. The van der Waals surface area contributed by atoms with Crippen LogP contribution < -0.4 is 15.6 Å². The molecule has 1 saturated carbocycles. The number of esters is 1. The van der Waals surface area contributed by atoms with Crippen molar-refractivity contribution in [1.82, 2.24) is 35.2 Å². The summed E-state index contributed by atoms with van der Waals surface area (Å²) in [6.07, 6.45) is 2.54. The van der Waals surface area contributed by atoms with Gasteiger partial charge in [-0.05, 0) is 88.6 Å². The van der Waals surface area contributed by atoms with E-state index in [-0.39, 0.29) is 42.3 Å². The number of aryl methyl sites for hydroxylation is 1. The fraction of sp³-hybridized carbons (Fsp3) is 0.612. The van der Waals surface area contributed by atoms with E-state index in [1.807, 2.05) is 25.4 Å². The molecule has 4 aromatic rings. The largest absolute Gasteiger partial charge is 0.464 e. The smallest absolute Gasteiger partial charge is 0.324 e. The van der Waals surface area contributed by atoms with Crippen molar-refractivity contribution >= 4 is 45.7 Å². The average Bonchev–Trinajstić information content (AvgIpc) is 3.58. The number of hydrogen-bond acceptors (Lipinski definition) is 12. The number of carbonyl (C=O) groups excluding carboxylic acids is 3. The molecule has 6 heterocycles. The third-order valence-corrected chi connectivity index (χ3v) is 14.9. The van der Waals surface area contributed by atoms with Crippen LogP contribution in [0.3, 0.4) is 0 Å². The number of piperazine rings is 1. The number of benzene rings is 1. The summed E-state index contributed by atoms with van der Waals surface area (Å²) < 4.78 is 21.0. The molecule has 2 N–H and O–H groups in total. The number of cyclic esters (lactones) is 1. The minimum atomic E-state index is -1.08. The summed E-state index contributed by atoms with van der Waals surface area (Å²) in [6.45, 7) is 22.1. The topological polar surface area (TPSA) is 143 Å².